The standard InChI is InChI=1S/C64H46N4/c1-40-8-16-45(17-9-40)49-24-28-58-54(33-49)55-34-50(46-18-10-41(2)11-19-46)25-29-59(55)67(58)62-38-66-39-63(64(62)53-7-5-6-44(32-53)37-65)68-60-30-26-51(47-20-12-42(3)13-21-47)35-56(60)57-36-52(27-31-61(57)68)48-22-14-43(4)15-23-48/h5-36,38-39H,1-4H3. The molecule has 0 unspecified atom stereocenters. The molecule has 3 aromatic heterocycles. The molecule has 4 nitrogen and oxygen atoms in total. The van der Waals surface area contributed by atoms with Gasteiger partial charge in [-0.05, 0) is 138 Å². The molecule has 68 heavy (non-hydrogen) atoms. The molecule has 0 fully saturated rings. The molecule has 0 atom stereocenters. The summed E-state index contributed by atoms with van der Waals surface area (Å²) in [5.74, 6) is 0. The van der Waals surface area contributed by atoms with Crippen LogP contribution in [0.25, 0.3) is 111 Å². The number of hydrogen-bond acceptors (Lipinski definition) is 2. The molecule has 0 radical (unpaired) electrons. The van der Waals surface area contributed by atoms with Crippen LogP contribution in [-0.4, -0.2) is 14.1 Å². The molecule has 9 aromatic carbocycles. The lowest BCUT2D eigenvalue weighted by Crippen LogP contribution is -2.05. The molecule has 0 amide bonds. The van der Waals surface area contributed by atoms with Crippen LogP contribution in [0, 0.1) is 39.0 Å². The fraction of sp³-hybridized carbons (Fsp3) is 0.0625. The summed E-state index contributed by atoms with van der Waals surface area (Å²) in [4.78, 5) is 5.14. The van der Waals surface area contributed by atoms with Crippen molar-refractivity contribution in [2.75, 3.05) is 0 Å². The van der Waals surface area contributed by atoms with Crippen LogP contribution in [0.3, 0.4) is 0 Å². The Kier molecular flexibility index (Phi) is 9.74. The van der Waals surface area contributed by atoms with Gasteiger partial charge in [-0.2, -0.15) is 5.26 Å². The minimum atomic E-state index is 0.594. The summed E-state index contributed by atoms with van der Waals surface area (Å²) in [6.45, 7) is 8.52. The van der Waals surface area contributed by atoms with Crippen LogP contribution in [0.5, 0.6) is 0 Å². The van der Waals surface area contributed by atoms with E-state index in [4.69, 9.17) is 4.98 Å². The highest BCUT2D eigenvalue weighted by atomic mass is 15.0. The van der Waals surface area contributed by atoms with Gasteiger partial charge in [-0.15, -0.1) is 0 Å². The van der Waals surface area contributed by atoms with Gasteiger partial charge in [0.25, 0.3) is 0 Å². The third kappa shape index (κ3) is 6.96. The lowest BCUT2D eigenvalue weighted by Gasteiger charge is -2.20. The molecule has 12 aromatic rings. The van der Waals surface area contributed by atoms with Crippen LogP contribution in [-0.2, 0) is 0 Å². The van der Waals surface area contributed by atoms with Crippen LogP contribution >= 0.6 is 0 Å². The molecule has 0 saturated heterocycles. The predicted molar refractivity (Wildman–Crippen MR) is 284 cm³/mol. The van der Waals surface area contributed by atoms with Crippen molar-refractivity contribution in [3.05, 3.63) is 234 Å². The molecule has 4 heteroatoms. The van der Waals surface area contributed by atoms with Crippen molar-refractivity contribution in [3.63, 3.8) is 0 Å². The topological polar surface area (TPSA) is 46.5 Å². The van der Waals surface area contributed by atoms with Gasteiger partial charge in [0.05, 0.1) is 57.5 Å². The molecule has 0 N–H and O–H groups in total. The van der Waals surface area contributed by atoms with Crippen LogP contribution in [0.1, 0.15) is 27.8 Å². The van der Waals surface area contributed by atoms with Crippen molar-refractivity contribution < 1.29 is 0 Å². The number of hydrogen-bond donors (Lipinski definition) is 0. The second-order valence-electron chi connectivity index (χ2n) is 18.3. The number of nitrogens with zero attached hydrogens (tertiary/aromatic N) is 4. The van der Waals surface area contributed by atoms with E-state index in [0.717, 1.165) is 88.4 Å². The van der Waals surface area contributed by atoms with E-state index in [2.05, 4.69) is 219 Å². The van der Waals surface area contributed by atoms with Gasteiger partial charge in [0.2, 0.25) is 0 Å². The average Bonchev–Trinajstić information content (AvgIpc) is 3.88. The van der Waals surface area contributed by atoms with E-state index < -0.39 is 0 Å². The van der Waals surface area contributed by atoms with Crippen LogP contribution in [0.4, 0.5) is 0 Å². The van der Waals surface area contributed by atoms with Gasteiger partial charge in [0, 0.05) is 27.1 Å². The highest BCUT2D eigenvalue weighted by Gasteiger charge is 2.24. The Morgan fingerprint density at radius 1 is 0.338 bits per heavy atom. The quantitative estimate of drug-likeness (QED) is 0.160. The van der Waals surface area contributed by atoms with Crippen molar-refractivity contribution in [2.24, 2.45) is 0 Å². The monoisotopic (exact) mass is 870 g/mol. The minimum Gasteiger partial charge on any atom is -0.307 e. The second-order valence-corrected chi connectivity index (χ2v) is 18.3. The number of benzene rings is 9. The number of pyridine rings is 1. The first kappa shape index (κ1) is 40.7. The molecular formula is C64H46N4. The molecule has 12 rings (SSSR count). The van der Waals surface area contributed by atoms with Crippen molar-refractivity contribution in [1.29, 1.82) is 5.26 Å². The Morgan fingerprint density at radius 2 is 0.647 bits per heavy atom. The maximum absolute atomic E-state index is 10.3. The average molecular weight is 871 g/mol. The van der Waals surface area contributed by atoms with E-state index >= 15 is 0 Å². The third-order valence-corrected chi connectivity index (χ3v) is 13.7. The van der Waals surface area contributed by atoms with Gasteiger partial charge in [0.1, 0.15) is 0 Å². The molecular weight excluding hydrogens is 825 g/mol. The fourth-order valence-electron chi connectivity index (χ4n) is 10.1. The summed E-state index contributed by atoms with van der Waals surface area (Å²) in [5.41, 5.74) is 22.9. The zero-order valence-corrected chi connectivity index (χ0v) is 38.4. The lowest BCUT2D eigenvalue weighted by molar-refractivity contribution is 1.09. The third-order valence-electron chi connectivity index (χ3n) is 13.7. The smallest absolute Gasteiger partial charge is 0.0991 e. The van der Waals surface area contributed by atoms with E-state index in [1.54, 1.807) is 0 Å². The van der Waals surface area contributed by atoms with Crippen LogP contribution in [0.15, 0.2) is 207 Å². The van der Waals surface area contributed by atoms with E-state index in [9.17, 15) is 5.26 Å². The predicted octanol–water partition coefficient (Wildman–Crippen LogP) is 16.7. The van der Waals surface area contributed by atoms with Gasteiger partial charge >= 0.3 is 0 Å². The van der Waals surface area contributed by atoms with Crippen LogP contribution < -0.4 is 0 Å². The first-order chi connectivity index (χ1) is 33.3. The molecule has 0 saturated carbocycles. The summed E-state index contributed by atoms with van der Waals surface area (Å²) < 4.78 is 4.76. The molecule has 0 aliphatic heterocycles. The van der Waals surface area contributed by atoms with Gasteiger partial charge < -0.3 is 9.13 Å². The van der Waals surface area contributed by atoms with Crippen molar-refractivity contribution in [1.82, 2.24) is 14.1 Å². The van der Waals surface area contributed by atoms with E-state index in [1.807, 2.05) is 30.6 Å². The zero-order chi connectivity index (χ0) is 46.0. The number of fused-ring (bicyclic) bond motifs is 6. The van der Waals surface area contributed by atoms with E-state index in [1.165, 1.54) is 44.5 Å². The Morgan fingerprint density at radius 3 is 0.956 bits per heavy atom. The van der Waals surface area contributed by atoms with E-state index in [0.29, 0.717) is 5.56 Å². The Balaban J connectivity index is 1.16. The summed E-state index contributed by atoms with van der Waals surface area (Å²) in [6, 6.07) is 72.9. The molecule has 0 aliphatic carbocycles. The normalized spacial score (nSPS) is 11.5. The summed E-state index contributed by atoms with van der Waals surface area (Å²) in [6.07, 6.45) is 3.99. The number of aromatic nitrogens is 3. The van der Waals surface area contributed by atoms with E-state index in [-0.39, 0.29) is 0 Å². The molecule has 3 heterocycles. The van der Waals surface area contributed by atoms with Crippen molar-refractivity contribution >= 4 is 43.6 Å². The maximum atomic E-state index is 10.3. The summed E-state index contributed by atoms with van der Waals surface area (Å²) in [7, 11) is 0. The first-order valence-electron chi connectivity index (χ1n) is 23.2. The minimum absolute atomic E-state index is 0.594. The van der Waals surface area contributed by atoms with Crippen LogP contribution in [0.2, 0.25) is 0 Å². The van der Waals surface area contributed by atoms with Crippen molar-refractivity contribution in [3.8, 4) is 73.1 Å². The highest BCUT2D eigenvalue weighted by molar-refractivity contribution is 6.14. The van der Waals surface area contributed by atoms with Gasteiger partial charge in [-0.1, -0.05) is 156 Å². The summed E-state index contributed by atoms with van der Waals surface area (Å²) in [5, 5.41) is 15.0. The van der Waals surface area contributed by atoms with Gasteiger partial charge in [-0.3, -0.25) is 4.98 Å². The van der Waals surface area contributed by atoms with Crippen molar-refractivity contribution in [2.45, 2.75) is 27.7 Å². The Bertz CT molecular complexity index is 3540. The van der Waals surface area contributed by atoms with Gasteiger partial charge in [-0.25, -0.2) is 0 Å². The molecule has 0 spiro atoms. The van der Waals surface area contributed by atoms with Gasteiger partial charge in [0.15, 0.2) is 0 Å². The second kappa shape index (κ2) is 16.3. The molecule has 322 valence electrons. The molecule has 0 bridgehead atoms. The maximum Gasteiger partial charge on any atom is 0.0991 e. The lowest BCUT2D eigenvalue weighted by atomic mass is 9.99. The SMILES string of the molecule is Cc1ccc(-c2ccc3c(c2)c2cc(-c4ccc(C)cc4)ccc2n3-c2cncc(-n3c4ccc(-c5ccc(C)cc5)cc4c4cc(-c5ccc(C)cc5)ccc43)c2-c2cccc(C#N)c2)cc1. The largest absolute Gasteiger partial charge is 0.307 e. The zero-order valence-electron chi connectivity index (χ0n) is 38.4. The highest BCUT2D eigenvalue weighted by Crippen LogP contribution is 2.44. The fourth-order valence-corrected chi connectivity index (χ4v) is 10.1. The number of rotatable bonds is 7. The summed E-state index contributed by atoms with van der Waals surface area (Å²) >= 11 is 0. The molecule has 0 aliphatic rings. The Labute approximate surface area is 396 Å². The Hall–Kier alpha value is -8.78. The first-order valence-corrected chi connectivity index (χ1v) is 23.2. The number of nitriles is 1. The number of aryl methyl sites for hydroxylation is 4.